The second-order valence-corrected chi connectivity index (χ2v) is 5.78. The molecule has 5 heteroatoms. The molecule has 0 saturated carbocycles. The van der Waals surface area contributed by atoms with E-state index in [9.17, 15) is 9.18 Å². The summed E-state index contributed by atoms with van der Waals surface area (Å²) in [6, 6.07) is 13.8. The van der Waals surface area contributed by atoms with E-state index in [0.29, 0.717) is 26.1 Å². The molecule has 2 aromatic carbocycles. The summed E-state index contributed by atoms with van der Waals surface area (Å²) in [5.74, 6) is 0.519. The average Bonchev–Trinajstić information content (AvgIpc) is 2.62. The number of halogens is 1. The minimum Gasteiger partial charge on any atom is -0.497 e. The Balaban J connectivity index is 1.65. The average molecular weight is 329 g/mol. The van der Waals surface area contributed by atoms with Gasteiger partial charge in [0.1, 0.15) is 17.7 Å². The number of benzene rings is 2. The molecule has 1 aliphatic rings. The van der Waals surface area contributed by atoms with Gasteiger partial charge in [-0.2, -0.15) is 0 Å². The van der Waals surface area contributed by atoms with Crippen molar-refractivity contribution in [3.63, 3.8) is 0 Å². The van der Waals surface area contributed by atoms with Crippen LogP contribution >= 0.6 is 0 Å². The number of hydrogen-bond acceptors (Lipinski definition) is 3. The van der Waals surface area contributed by atoms with Crippen molar-refractivity contribution < 1.29 is 18.7 Å². The molecule has 1 amide bonds. The molecule has 2 aromatic rings. The van der Waals surface area contributed by atoms with Crippen LogP contribution < -0.4 is 4.74 Å². The Labute approximate surface area is 140 Å². The lowest BCUT2D eigenvalue weighted by atomic mass is 10.1. The zero-order valence-corrected chi connectivity index (χ0v) is 13.6. The van der Waals surface area contributed by atoms with Gasteiger partial charge in [0, 0.05) is 6.54 Å². The van der Waals surface area contributed by atoms with Crippen molar-refractivity contribution in [2.45, 2.75) is 12.5 Å². The summed E-state index contributed by atoms with van der Waals surface area (Å²) < 4.78 is 24.0. The Kier molecular flexibility index (Phi) is 5.11. The van der Waals surface area contributed by atoms with Crippen LogP contribution in [0.4, 0.5) is 4.39 Å². The fraction of sp³-hybridized carbons (Fsp3) is 0.316. The van der Waals surface area contributed by atoms with E-state index in [1.165, 1.54) is 12.1 Å². The zero-order valence-electron chi connectivity index (χ0n) is 13.6. The van der Waals surface area contributed by atoms with E-state index in [1.54, 1.807) is 24.1 Å². The molecule has 0 aromatic heterocycles. The Morgan fingerprint density at radius 2 is 2.08 bits per heavy atom. The molecule has 4 nitrogen and oxygen atoms in total. The second-order valence-electron chi connectivity index (χ2n) is 5.78. The summed E-state index contributed by atoms with van der Waals surface area (Å²) in [6.45, 7) is 1.53. The van der Waals surface area contributed by atoms with Crippen LogP contribution in [0.15, 0.2) is 48.5 Å². The predicted molar refractivity (Wildman–Crippen MR) is 88.4 cm³/mol. The van der Waals surface area contributed by atoms with Gasteiger partial charge in [0.15, 0.2) is 0 Å². The molecule has 1 saturated heterocycles. The monoisotopic (exact) mass is 329 g/mol. The maximum atomic E-state index is 13.0. The van der Waals surface area contributed by atoms with Crippen molar-refractivity contribution in [1.29, 1.82) is 0 Å². The van der Waals surface area contributed by atoms with E-state index in [4.69, 9.17) is 9.47 Å². The van der Waals surface area contributed by atoms with E-state index in [0.717, 1.165) is 16.9 Å². The van der Waals surface area contributed by atoms with Crippen LogP contribution in [0.25, 0.3) is 0 Å². The molecule has 1 atom stereocenters. The van der Waals surface area contributed by atoms with Crippen LogP contribution in [0.3, 0.4) is 0 Å². The Morgan fingerprint density at radius 3 is 2.83 bits per heavy atom. The lowest BCUT2D eigenvalue weighted by Gasteiger charge is -2.33. The number of nitrogens with zero attached hydrogens (tertiary/aromatic N) is 1. The number of methoxy groups -OCH3 is 1. The van der Waals surface area contributed by atoms with Gasteiger partial charge >= 0.3 is 0 Å². The Bertz CT molecular complexity index is 702. The van der Waals surface area contributed by atoms with Gasteiger partial charge in [-0.3, -0.25) is 4.79 Å². The second kappa shape index (κ2) is 7.45. The molecule has 3 rings (SSSR count). The van der Waals surface area contributed by atoms with E-state index < -0.39 is 0 Å². The maximum Gasteiger partial charge on any atom is 0.227 e. The van der Waals surface area contributed by atoms with Crippen LogP contribution in [0.5, 0.6) is 5.75 Å². The standard InChI is InChI=1S/C19H20FNO3/c1-23-17-4-2-3-14(11-17)12-19(22)21-9-10-24-18(13-21)15-5-7-16(20)8-6-15/h2-8,11,18H,9-10,12-13H2,1H3. The molecule has 0 spiro atoms. The molecule has 1 aliphatic heterocycles. The highest BCUT2D eigenvalue weighted by Gasteiger charge is 2.25. The summed E-state index contributed by atoms with van der Waals surface area (Å²) in [6.07, 6.45) is 0.112. The third-order valence-corrected chi connectivity index (χ3v) is 4.15. The van der Waals surface area contributed by atoms with Crippen LogP contribution in [0, 0.1) is 5.82 Å². The minimum atomic E-state index is -0.277. The summed E-state index contributed by atoms with van der Waals surface area (Å²) >= 11 is 0. The number of rotatable bonds is 4. The maximum absolute atomic E-state index is 13.0. The highest BCUT2D eigenvalue weighted by atomic mass is 19.1. The number of morpholine rings is 1. The quantitative estimate of drug-likeness (QED) is 0.866. The van der Waals surface area contributed by atoms with Gasteiger partial charge in [-0.25, -0.2) is 4.39 Å². The van der Waals surface area contributed by atoms with Gasteiger partial charge in [-0.1, -0.05) is 24.3 Å². The first-order valence-corrected chi connectivity index (χ1v) is 7.93. The van der Waals surface area contributed by atoms with Crippen molar-refractivity contribution in [1.82, 2.24) is 4.90 Å². The van der Waals surface area contributed by atoms with Crippen LogP contribution in [0.1, 0.15) is 17.2 Å². The van der Waals surface area contributed by atoms with Crippen molar-refractivity contribution in [3.05, 3.63) is 65.5 Å². The zero-order chi connectivity index (χ0) is 16.9. The lowest BCUT2D eigenvalue weighted by Crippen LogP contribution is -2.43. The normalized spacial score (nSPS) is 17.6. The van der Waals surface area contributed by atoms with Gasteiger partial charge in [-0.15, -0.1) is 0 Å². The summed E-state index contributed by atoms with van der Waals surface area (Å²) in [5.41, 5.74) is 1.81. The fourth-order valence-corrected chi connectivity index (χ4v) is 2.82. The van der Waals surface area contributed by atoms with Crippen LogP contribution in [-0.4, -0.2) is 37.6 Å². The number of amides is 1. The number of hydrogen-bond donors (Lipinski definition) is 0. The molecule has 1 unspecified atom stereocenters. The SMILES string of the molecule is COc1cccc(CC(=O)N2CCOC(c3ccc(F)cc3)C2)c1. The summed E-state index contributed by atoms with van der Waals surface area (Å²) in [5, 5.41) is 0. The van der Waals surface area contributed by atoms with Gasteiger partial charge in [0.2, 0.25) is 5.91 Å². The first kappa shape index (κ1) is 16.5. The molecule has 1 fully saturated rings. The highest BCUT2D eigenvalue weighted by molar-refractivity contribution is 5.79. The highest BCUT2D eigenvalue weighted by Crippen LogP contribution is 2.23. The molecule has 1 heterocycles. The molecule has 24 heavy (non-hydrogen) atoms. The molecule has 126 valence electrons. The lowest BCUT2D eigenvalue weighted by molar-refractivity contribution is -0.138. The first-order valence-electron chi connectivity index (χ1n) is 7.93. The number of carbonyl (C=O) groups is 1. The third-order valence-electron chi connectivity index (χ3n) is 4.15. The van der Waals surface area contributed by atoms with E-state index >= 15 is 0 Å². The summed E-state index contributed by atoms with van der Waals surface area (Å²) in [7, 11) is 1.61. The minimum absolute atomic E-state index is 0.0543. The molecule has 0 radical (unpaired) electrons. The Morgan fingerprint density at radius 1 is 1.29 bits per heavy atom. The van der Waals surface area contributed by atoms with E-state index in [1.807, 2.05) is 24.3 Å². The van der Waals surface area contributed by atoms with Crippen molar-refractivity contribution in [2.24, 2.45) is 0 Å². The van der Waals surface area contributed by atoms with E-state index in [2.05, 4.69) is 0 Å². The smallest absolute Gasteiger partial charge is 0.227 e. The molecular formula is C19H20FNO3. The van der Waals surface area contributed by atoms with Gasteiger partial charge in [0.05, 0.1) is 26.7 Å². The van der Waals surface area contributed by atoms with Crippen molar-refractivity contribution in [2.75, 3.05) is 26.8 Å². The van der Waals surface area contributed by atoms with Crippen LogP contribution in [-0.2, 0) is 16.0 Å². The number of carbonyl (C=O) groups excluding carboxylic acids is 1. The predicted octanol–water partition coefficient (Wildman–Crippen LogP) is 2.98. The largest absolute Gasteiger partial charge is 0.497 e. The molecule has 0 N–H and O–H groups in total. The Hall–Kier alpha value is -2.40. The van der Waals surface area contributed by atoms with Crippen molar-refractivity contribution >= 4 is 5.91 Å². The van der Waals surface area contributed by atoms with E-state index in [-0.39, 0.29) is 17.8 Å². The van der Waals surface area contributed by atoms with Crippen molar-refractivity contribution in [3.8, 4) is 5.75 Å². The number of ether oxygens (including phenoxy) is 2. The fourth-order valence-electron chi connectivity index (χ4n) is 2.82. The molecular weight excluding hydrogens is 309 g/mol. The van der Waals surface area contributed by atoms with Crippen LogP contribution in [0.2, 0.25) is 0 Å². The van der Waals surface area contributed by atoms with Gasteiger partial charge in [0.25, 0.3) is 0 Å². The molecule has 0 aliphatic carbocycles. The topological polar surface area (TPSA) is 38.8 Å². The first-order chi connectivity index (χ1) is 11.7. The third kappa shape index (κ3) is 3.92. The summed E-state index contributed by atoms with van der Waals surface area (Å²) in [4.78, 5) is 14.4. The molecule has 0 bridgehead atoms. The van der Waals surface area contributed by atoms with Gasteiger partial charge in [-0.05, 0) is 35.4 Å². The van der Waals surface area contributed by atoms with Gasteiger partial charge < -0.3 is 14.4 Å².